The number of nitrogens with two attached hydrogens (primary N) is 1. The van der Waals surface area contributed by atoms with E-state index in [1.807, 2.05) is 0 Å². The highest BCUT2D eigenvalue weighted by Gasteiger charge is 2.34. The van der Waals surface area contributed by atoms with Gasteiger partial charge in [0, 0.05) is 37.9 Å². The number of benzene rings is 1. The van der Waals surface area contributed by atoms with Crippen molar-refractivity contribution >= 4 is 5.69 Å². The first-order valence-corrected chi connectivity index (χ1v) is 8.54. The van der Waals surface area contributed by atoms with E-state index < -0.39 is 0 Å². The molecule has 1 saturated carbocycles. The Morgan fingerprint density at radius 3 is 2.86 bits per heavy atom. The maximum absolute atomic E-state index is 6.16. The molecule has 2 N–H and O–H groups in total. The zero-order valence-corrected chi connectivity index (χ0v) is 13.5. The quantitative estimate of drug-likeness (QED) is 0.837. The van der Waals surface area contributed by atoms with Crippen molar-refractivity contribution in [1.29, 1.82) is 0 Å². The third kappa shape index (κ3) is 3.09. The molecule has 1 atom stereocenters. The van der Waals surface area contributed by atoms with Crippen LogP contribution in [0.3, 0.4) is 0 Å². The van der Waals surface area contributed by atoms with Gasteiger partial charge in [0.1, 0.15) is 0 Å². The Bertz CT molecular complexity index is 481. The molecule has 1 fully saturated rings. The van der Waals surface area contributed by atoms with Gasteiger partial charge < -0.3 is 10.6 Å². The summed E-state index contributed by atoms with van der Waals surface area (Å²) >= 11 is 0. The van der Waals surface area contributed by atoms with Crippen molar-refractivity contribution in [3.63, 3.8) is 0 Å². The molecule has 1 aliphatic carbocycles. The number of anilines is 1. The molecule has 3 rings (SSSR count). The van der Waals surface area contributed by atoms with Crippen molar-refractivity contribution in [2.24, 2.45) is 5.73 Å². The maximum Gasteiger partial charge on any atom is 0.0473 e. The van der Waals surface area contributed by atoms with Gasteiger partial charge in [-0.25, -0.2) is 0 Å². The number of unbranched alkanes of at least 4 members (excludes halogenated alkanes) is 1. The van der Waals surface area contributed by atoms with Crippen LogP contribution in [0.1, 0.15) is 49.8 Å². The number of likely N-dealkylation sites (N-methyl/N-ethyl adjacent to an activating group) is 1. The van der Waals surface area contributed by atoms with Crippen LogP contribution in [0.25, 0.3) is 0 Å². The summed E-state index contributed by atoms with van der Waals surface area (Å²) < 4.78 is 0. The number of nitrogens with zero attached hydrogens (tertiary/aromatic N) is 2. The Hall–Kier alpha value is -1.06. The summed E-state index contributed by atoms with van der Waals surface area (Å²) in [4.78, 5) is 5.02. The normalized spacial score (nSPS) is 19.1. The SMILES string of the molecule is CCCCN(C1CC1)C(CN)c1ccc2c(c1)CCN2C. The molecule has 3 nitrogen and oxygen atoms in total. The van der Waals surface area contributed by atoms with Gasteiger partial charge in [0.25, 0.3) is 0 Å². The van der Waals surface area contributed by atoms with Gasteiger partial charge in [-0.1, -0.05) is 25.5 Å². The summed E-state index contributed by atoms with van der Waals surface area (Å²) in [6, 6.07) is 8.20. The molecule has 2 aliphatic rings. The van der Waals surface area contributed by atoms with E-state index in [1.54, 1.807) is 0 Å². The van der Waals surface area contributed by atoms with Crippen LogP contribution in [-0.2, 0) is 6.42 Å². The lowest BCUT2D eigenvalue weighted by molar-refractivity contribution is 0.188. The molecule has 1 aromatic rings. The topological polar surface area (TPSA) is 32.5 Å². The molecular formula is C18H29N3. The van der Waals surface area contributed by atoms with E-state index >= 15 is 0 Å². The van der Waals surface area contributed by atoms with Crippen molar-refractivity contribution in [3.05, 3.63) is 29.3 Å². The van der Waals surface area contributed by atoms with Gasteiger partial charge in [0.15, 0.2) is 0 Å². The average Bonchev–Trinajstić information content (AvgIpc) is 3.28. The molecule has 0 amide bonds. The van der Waals surface area contributed by atoms with E-state index in [1.165, 1.54) is 55.5 Å². The minimum absolute atomic E-state index is 0.403. The molecule has 0 bridgehead atoms. The van der Waals surface area contributed by atoms with Crippen LogP contribution in [0.5, 0.6) is 0 Å². The minimum Gasteiger partial charge on any atom is -0.374 e. The molecule has 1 heterocycles. The molecule has 1 aromatic carbocycles. The van der Waals surface area contributed by atoms with Crippen LogP contribution in [0.2, 0.25) is 0 Å². The largest absolute Gasteiger partial charge is 0.374 e. The third-order valence-electron chi connectivity index (χ3n) is 5.03. The number of rotatable bonds is 7. The summed E-state index contributed by atoms with van der Waals surface area (Å²) in [6.45, 7) is 5.34. The number of hydrogen-bond donors (Lipinski definition) is 1. The highest BCUT2D eigenvalue weighted by molar-refractivity contribution is 5.58. The Morgan fingerprint density at radius 1 is 1.38 bits per heavy atom. The first kappa shape index (κ1) is 14.9. The summed E-state index contributed by atoms with van der Waals surface area (Å²) in [5.74, 6) is 0. The van der Waals surface area contributed by atoms with Crippen molar-refractivity contribution in [2.45, 2.75) is 51.1 Å². The number of hydrogen-bond acceptors (Lipinski definition) is 3. The van der Waals surface area contributed by atoms with Crippen LogP contribution in [0.4, 0.5) is 5.69 Å². The van der Waals surface area contributed by atoms with Crippen LogP contribution in [0.15, 0.2) is 18.2 Å². The molecule has 0 aromatic heterocycles. The van der Waals surface area contributed by atoms with Gasteiger partial charge in [0.05, 0.1) is 0 Å². The molecule has 1 aliphatic heterocycles. The minimum atomic E-state index is 0.403. The second kappa shape index (κ2) is 6.37. The molecule has 1 unspecified atom stereocenters. The summed E-state index contributed by atoms with van der Waals surface area (Å²) in [6.07, 6.45) is 6.42. The Kier molecular flexibility index (Phi) is 4.51. The fourth-order valence-corrected chi connectivity index (χ4v) is 3.60. The monoisotopic (exact) mass is 287 g/mol. The first-order valence-electron chi connectivity index (χ1n) is 8.54. The second-order valence-electron chi connectivity index (χ2n) is 6.63. The zero-order valence-electron chi connectivity index (χ0n) is 13.5. The molecular weight excluding hydrogens is 258 g/mol. The molecule has 21 heavy (non-hydrogen) atoms. The van der Waals surface area contributed by atoms with Crippen molar-refractivity contribution < 1.29 is 0 Å². The highest BCUT2D eigenvalue weighted by atomic mass is 15.2. The van der Waals surface area contributed by atoms with Crippen molar-refractivity contribution in [1.82, 2.24) is 4.90 Å². The van der Waals surface area contributed by atoms with E-state index in [2.05, 4.69) is 42.0 Å². The molecule has 116 valence electrons. The van der Waals surface area contributed by atoms with Gasteiger partial charge in [-0.05, 0) is 49.4 Å². The van der Waals surface area contributed by atoms with E-state index in [4.69, 9.17) is 5.73 Å². The van der Waals surface area contributed by atoms with E-state index in [-0.39, 0.29) is 0 Å². The lowest BCUT2D eigenvalue weighted by Gasteiger charge is -2.31. The molecule has 3 heteroatoms. The van der Waals surface area contributed by atoms with Crippen LogP contribution in [0, 0.1) is 0 Å². The maximum atomic E-state index is 6.16. The second-order valence-corrected chi connectivity index (χ2v) is 6.63. The third-order valence-corrected chi connectivity index (χ3v) is 5.03. The van der Waals surface area contributed by atoms with Crippen LogP contribution in [-0.4, -0.2) is 37.6 Å². The van der Waals surface area contributed by atoms with E-state index in [9.17, 15) is 0 Å². The Labute approximate surface area is 129 Å². The highest BCUT2D eigenvalue weighted by Crippen LogP contribution is 2.36. The summed E-state index contributed by atoms with van der Waals surface area (Å²) in [7, 11) is 2.18. The van der Waals surface area contributed by atoms with Gasteiger partial charge in [0.2, 0.25) is 0 Å². The predicted molar refractivity (Wildman–Crippen MR) is 89.8 cm³/mol. The molecule has 0 saturated heterocycles. The van der Waals surface area contributed by atoms with Gasteiger partial charge in [-0.15, -0.1) is 0 Å². The van der Waals surface area contributed by atoms with Gasteiger partial charge in [-0.2, -0.15) is 0 Å². The lowest BCUT2D eigenvalue weighted by atomic mass is 10.0. The Balaban J connectivity index is 1.81. The van der Waals surface area contributed by atoms with Gasteiger partial charge >= 0.3 is 0 Å². The standard InChI is InChI=1S/C18H29N3/c1-3-4-10-21(16-6-7-16)18(13-19)14-5-8-17-15(12-14)9-11-20(17)2/h5,8,12,16,18H,3-4,6-7,9-11,13,19H2,1-2H3. The first-order chi connectivity index (χ1) is 10.2. The zero-order chi connectivity index (χ0) is 14.8. The van der Waals surface area contributed by atoms with E-state index in [0.29, 0.717) is 6.04 Å². The van der Waals surface area contributed by atoms with E-state index in [0.717, 1.165) is 19.1 Å². The number of fused-ring (bicyclic) bond motifs is 1. The fraction of sp³-hybridized carbons (Fsp3) is 0.667. The van der Waals surface area contributed by atoms with Crippen molar-refractivity contribution in [2.75, 3.05) is 31.6 Å². The smallest absolute Gasteiger partial charge is 0.0473 e. The van der Waals surface area contributed by atoms with Gasteiger partial charge in [-0.3, -0.25) is 4.90 Å². The summed E-state index contributed by atoms with van der Waals surface area (Å²) in [5.41, 5.74) is 10.5. The average molecular weight is 287 g/mol. The molecule has 0 radical (unpaired) electrons. The molecule has 0 spiro atoms. The van der Waals surface area contributed by atoms with Crippen LogP contribution < -0.4 is 10.6 Å². The van der Waals surface area contributed by atoms with Crippen molar-refractivity contribution in [3.8, 4) is 0 Å². The van der Waals surface area contributed by atoms with Crippen LogP contribution >= 0.6 is 0 Å². The Morgan fingerprint density at radius 2 is 2.19 bits per heavy atom. The predicted octanol–water partition coefficient (Wildman–Crippen LogP) is 2.94. The lowest BCUT2D eigenvalue weighted by Crippen LogP contribution is -2.36. The fourth-order valence-electron chi connectivity index (χ4n) is 3.60. The summed E-state index contributed by atoms with van der Waals surface area (Å²) in [5, 5.41) is 0.